The van der Waals surface area contributed by atoms with Crippen molar-refractivity contribution in [2.75, 3.05) is 20.3 Å². The average molecular weight is 335 g/mol. The Labute approximate surface area is 145 Å². The van der Waals surface area contributed by atoms with Gasteiger partial charge in [-0.05, 0) is 12.8 Å². The number of hydrogen-bond acceptors (Lipinski definition) is 4. The Hall–Kier alpha value is -0.740. The highest BCUT2D eigenvalue weighted by Gasteiger charge is 2.55. The van der Waals surface area contributed by atoms with Crippen LogP contribution in [0.4, 0.5) is 0 Å². The number of aldehydes is 2. The third kappa shape index (κ3) is 9.21. The van der Waals surface area contributed by atoms with Gasteiger partial charge in [0.15, 0.2) is 0 Å². The first-order valence-corrected chi connectivity index (χ1v) is 9.14. The van der Waals surface area contributed by atoms with Crippen molar-refractivity contribution in [2.45, 2.75) is 81.1 Å². The standard InChI is InChI=1S/C10H16O4.C3H8.3C2H6/c1-14-8-10(7-13)4-2-3-9(10,5-11)6-12;1-3-2;3*1-2/h5,7,12H,2-4,6,8H2,1H3;3H2,1-2H3;3*1-2H3/t9-,10-;;;;/m1..../s1. The van der Waals surface area contributed by atoms with Crippen LogP contribution in [0.25, 0.3) is 0 Å². The molecular formula is C19H42O4. The normalized spacial score (nSPS) is 24.1. The van der Waals surface area contributed by atoms with Gasteiger partial charge in [-0.1, -0.05) is 68.2 Å². The molecule has 1 saturated carbocycles. The van der Waals surface area contributed by atoms with Gasteiger partial charge in [0.05, 0.1) is 24.0 Å². The fraction of sp³-hybridized carbons (Fsp3) is 0.895. The minimum Gasteiger partial charge on any atom is -0.395 e. The van der Waals surface area contributed by atoms with Crippen molar-refractivity contribution in [1.82, 2.24) is 0 Å². The predicted octanol–water partition coefficient (Wildman–Crippen LogP) is 4.67. The van der Waals surface area contributed by atoms with E-state index in [0.717, 1.165) is 12.7 Å². The van der Waals surface area contributed by atoms with Crippen molar-refractivity contribution in [3.05, 3.63) is 0 Å². The summed E-state index contributed by atoms with van der Waals surface area (Å²) in [6.45, 7) is 16.2. The number of rotatable bonds is 5. The maximum absolute atomic E-state index is 11.1. The van der Waals surface area contributed by atoms with E-state index in [9.17, 15) is 14.7 Å². The lowest BCUT2D eigenvalue weighted by Gasteiger charge is -2.36. The second kappa shape index (κ2) is 21.3. The number of hydrogen-bond donors (Lipinski definition) is 1. The molecular weight excluding hydrogens is 292 g/mol. The summed E-state index contributed by atoms with van der Waals surface area (Å²) in [4.78, 5) is 22.1. The van der Waals surface area contributed by atoms with Gasteiger partial charge in [0, 0.05) is 7.11 Å². The van der Waals surface area contributed by atoms with E-state index in [1.807, 2.05) is 41.5 Å². The minimum atomic E-state index is -0.926. The smallest absolute Gasteiger partial charge is 0.129 e. The zero-order valence-corrected chi connectivity index (χ0v) is 17.1. The molecule has 0 unspecified atom stereocenters. The molecule has 0 aliphatic heterocycles. The van der Waals surface area contributed by atoms with Gasteiger partial charge in [0.25, 0.3) is 0 Å². The van der Waals surface area contributed by atoms with Crippen LogP contribution >= 0.6 is 0 Å². The van der Waals surface area contributed by atoms with E-state index in [2.05, 4.69) is 13.8 Å². The zero-order valence-electron chi connectivity index (χ0n) is 17.1. The van der Waals surface area contributed by atoms with Crippen LogP contribution in [-0.4, -0.2) is 38.0 Å². The van der Waals surface area contributed by atoms with Crippen LogP contribution in [0.2, 0.25) is 0 Å². The lowest BCUT2D eigenvalue weighted by atomic mass is 9.68. The Morgan fingerprint density at radius 1 is 0.913 bits per heavy atom. The van der Waals surface area contributed by atoms with E-state index in [1.165, 1.54) is 13.5 Å². The first-order chi connectivity index (χ1) is 11.1. The van der Waals surface area contributed by atoms with Gasteiger partial charge in [-0.25, -0.2) is 0 Å². The molecule has 0 bridgehead atoms. The van der Waals surface area contributed by atoms with Gasteiger partial charge in [0.2, 0.25) is 0 Å². The fourth-order valence-electron chi connectivity index (χ4n) is 2.35. The minimum absolute atomic E-state index is 0.204. The number of carbonyl (C=O) groups excluding carboxylic acids is 2. The molecule has 2 atom stereocenters. The van der Waals surface area contributed by atoms with Gasteiger partial charge in [-0.15, -0.1) is 0 Å². The second-order valence-electron chi connectivity index (χ2n) is 4.70. The summed E-state index contributed by atoms with van der Waals surface area (Å²) in [5.41, 5.74) is -1.75. The monoisotopic (exact) mass is 334 g/mol. The molecule has 0 aromatic rings. The Morgan fingerprint density at radius 2 is 1.26 bits per heavy atom. The molecule has 1 rings (SSSR count). The lowest BCUT2D eigenvalue weighted by Crippen LogP contribution is -2.46. The molecule has 142 valence electrons. The third-order valence-corrected chi connectivity index (χ3v) is 3.37. The first kappa shape index (κ1) is 30.2. The largest absolute Gasteiger partial charge is 0.395 e. The molecule has 0 heterocycles. The average Bonchev–Trinajstić information content (AvgIpc) is 3.00. The summed E-state index contributed by atoms with van der Waals surface area (Å²) in [7, 11) is 1.50. The van der Waals surface area contributed by atoms with Gasteiger partial charge >= 0.3 is 0 Å². The predicted molar refractivity (Wildman–Crippen MR) is 99.8 cm³/mol. The quantitative estimate of drug-likeness (QED) is 0.742. The van der Waals surface area contributed by atoms with Crippen LogP contribution in [0.3, 0.4) is 0 Å². The summed E-state index contributed by atoms with van der Waals surface area (Å²) < 4.78 is 4.98. The molecule has 0 aromatic heterocycles. The van der Waals surface area contributed by atoms with E-state index in [-0.39, 0.29) is 13.2 Å². The first-order valence-electron chi connectivity index (χ1n) is 9.14. The van der Waals surface area contributed by atoms with Crippen molar-refractivity contribution in [3.63, 3.8) is 0 Å². The maximum atomic E-state index is 11.1. The fourth-order valence-corrected chi connectivity index (χ4v) is 2.35. The highest BCUT2D eigenvalue weighted by atomic mass is 16.5. The van der Waals surface area contributed by atoms with Gasteiger partial charge in [0.1, 0.15) is 12.6 Å². The molecule has 23 heavy (non-hydrogen) atoms. The van der Waals surface area contributed by atoms with Crippen LogP contribution in [0.5, 0.6) is 0 Å². The maximum Gasteiger partial charge on any atom is 0.129 e. The number of aliphatic hydroxyl groups is 1. The Bertz CT molecular complexity index is 244. The van der Waals surface area contributed by atoms with Gasteiger partial charge in [-0.3, -0.25) is 0 Å². The molecule has 4 nitrogen and oxygen atoms in total. The highest BCUT2D eigenvalue weighted by molar-refractivity contribution is 5.74. The van der Waals surface area contributed by atoms with E-state index >= 15 is 0 Å². The highest BCUT2D eigenvalue weighted by Crippen LogP contribution is 2.50. The van der Waals surface area contributed by atoms with Crippen molar-refractivity contribution in [3.8, 4) is 0 Å². The summed E-state index contributed by atoms with van der Waals surface area (Å²) >= 11 is 0. The molecule has 1 N–H and O–H groups in total. The molecule has 1 fully saturated rings. The molecule has 0 aromatic carbocycles. The second-order valence-corrected chi connectivity index (χ2v) is 4.70. The van der Waals surface area contributed by atoms with E-state index in [4.69, 9.17) is 4.74 Å². The van der Waals surface area contributed by atoms with E-state index in [1.54, 1.807) is 0 Å². The van der Waals surface area contributed by atoms with Crippen molar-refractivity contribution in [1.29, 1.82) is 0 Å². The summed E-state index contributed by atoms with van der Waals surface area (Å²) in [6, 6.07) is 0. The molecule has 0 spiro atoms. The Kier molecular flexibility index (Phi) is 27.9. The molecule has 1 aliphatic carbocycles. The Balaban J connectivity index is -0.000000171. The van der Waals surface area contributed by atoms with Crippen LogP contribution in [0.1, 0.15) is 81.1 Å². The summed E-state index contributed by atoms with van der Waals surface area (Å²) in [5.74, 6) is 0. The van der Waals surface area contributed by atoms with Crippen LogP contribution in [0.15, 0.2) is 0 Å². The van der Waals surface area contributed by atoms with Gasteiger partial charge < -0.3 is 19.4 Å². The van der Waals surface area contributed by atoms with Crippen LogP contribution in [0, 0.1) is 10.8 Å². The van der Waals surface area contributed by atoms with Crippen LogP contribution in [-0.2, 0) is 14.3 Å². The summed E-state index contributed by atoms with van der Waals surface area (Å²) in [6.07, 6.45) is 4.70. The Morgan fingerprint density at radius 3 is 1.52 bits per heavy atom. The number of aliphatic hydroxyl groups excluding tert-OH is 1. The lowest BCUT2D eigenvalue weighted by molar-refractivity contribution is -0.140. The SMILES string of the molecule is CC.CC.CC.CCC.COC[C@]1(C=O)CCC[C@@]1(C=O)CO. The summed E-state index contributed by atoms with van der Waals surface area (Å²) in [5, 5.41) is 9.26. The van der Waals surface area contributed by atoms with Gasteiger partial charge in [-0.2, -0.15) is 0 Å². The number of carbonyl (C=O) groups is 2. The van der Waals surface area contributed by atoms with Crippen LogP contribution < -0.4 is 0 Å². The molecule has 4 heteroatoms. The zero-order chi connectivity index (χ0) is 19.4. The molecule has 0 radical (unpaired) electrons. The molecule has 0 saturated heterocycles. The topological polar surface area (TPSA) is 63.6 Å². The number of ether oxygens (including phenoxy) is 1. The van der Waals surface area contributed by atoms with E-state index in [0.29, 0.717) is 19.1 Å². The van der Waals surface area contributed by atoms with Crippen molar-refractivity contribution in [2.24, 2.45) is 10.8 Å². The van der Waals surface area contributed by atoms with E-state index < -0.39 is 10.8 Å². The molecule has 1 aliphatic rings. The third-order valence-electron chi connectivity index (χ3n) is 3.37. The molecule has 0 amide bonds. The van der Waals surface area contributed by atoms with Crippen molar-refractivity contribution < 1.29 is 19.4 Å². The number of methoxy groups -OCH3 is 1. The van der Waals surface area contributed by atoms with Crippen molar-refractivity contribution >= 4 is 12.6 Å².